The van der Waals surface area contributed by atoms with Crippen LogP contribution < -0.4 is 10.6 Å². The summed E-state index contributed by atoms with van der Waals surface area (Å²) in [6.07, 6.45) is 2.43. The minimum absolute atomic E-state index is 0. The fourth-order valence-electron chi connectivity index (χ4n) is 1.68. The van der Waals surface area contributed by atoms with E-state index in [9.17, 15) is 0 Å². The Bertz CT molecular complexity index is 203. The molecule has 0 aliphatic carbocycles. The maximum atomic E-state index is 4.18. The molecule has 110 valence electrons. The van der Waals surface area contributed by atoms with Gasteiger partial charge in [-0.2, -0.15) is 0 Å². The van der Waals surface area contributed by atoms with Gasteiger partial charge >= 0.3 is 0 Å². The first-order chi connectivity index (χ1) is 8.13. The van der Waals surface area contributed by atoms with E-state index < -0.39 is 0 Å². The summed E-state index contributed by atoms with van der Waals surface area (Å²) in [6, 6.07) is 0.428. The number of nitrogens with zero attached hydrogens (tertiary/aromatic N) is 2. The number of guanidine groups is 1. The van der Waals surface area contributed by atoms with Crippen molar-refractivity contribution in [1.29, 1.82) is 0 Å². The molecule has 0 saturated heterocycles. The van der Waals surface area contributed by atoms with Crippen LogP contribution in [0.25, 0.3) is 0 Å². The number of unbranched alkanes of at least 4 members (excludes halogenated alkanes) is 1. The first-order valence-corrected chi connectivity index (χ1v) is 6.83. The molecule has 0 fully saturated rings. The quantitative estimate of drug-likeness (QED) is 0.298. The molecule has 0 aromatic carbocycles. The predicted molar refractivity (Wildman–Crippen MR) is 92.1 cm³/mol. The van der Waals surface area contributed by atoms with E-state index in [1.54, 1.807) is 0 Å². The third-order valence-corrected chi connectivity index (χ3v) is 2.74. The molecule has 4 nitrogen and oxygen atoms in total. The summed E-state index contributed by atoms with van der Waals surface area (Å²) in [5.41, 5.74) is 0. The van der Waals surface area contributed by atoms with Crippen LogP contribution in [0.15, 0.2) is 4.99 Å². The van der Waals surface area contributed by atoms with E-state index >= 15 is 0 Å². The monoisotopic (exact) mass is 370 g/mol. The second-order valence-electron chi connectivity index (χ2n) is 4.53. The van der Waals surface area contributed by atoms with Crippen molar-refractivity contribution in [3.05, 3.63) is 0 Å². The van der Waals surface area contributed by atoms with Crippen LogP contribution in [0.5, 0.6) is 0 Å². The Morgan fingerprint density at radius 2 is 1.78 bits per heavy atom. The van der Waals surface area contributed by atoms with Gasteiger partial charge in [-0.3, -0.25) is 4.99 Å². The Labute approximate surface area is 130 Å². The molecule has 18 heavy (non-hydrogen) atoms. The SMILES string of the molecule is CCN(CC)CCCCNC(=NC)NC(C)C.I. The molecule has 0 amide bonds. The zero-order valence-corrected chi connectivity index (χ0v) is 15.0. The maximum Gasteiger partial charge on any atom is 0.191 e. The van der Waals surface area contributed by atoms with Crippen LogP contribution in [-0.4, -0.2) is 50.1 Å². The molecule has 0 unspecified atom stereocenters. The fourth-order valence-corrected chi connectivity index (χ4v) is 1.68. The lowest BCUT2D eigenvalue weighted by molar-refractivity contribution is 0.297. The van der Waals surface area contributed by atoms with Crippen LogP contribution in [0.4, 0.5) is 0 Å². The van der Waals surface area contributed by atoms with Gasteiger partial charge in [0.05, 0.1) is 0 Å². The van der Waals surface area contributed by atoms with Crippen LogP contribution in [0.2, 0.25) is 0 Å². The van der Waals surface area contributed by atoms with Gasteiger partial charge in [0, 0.05) is 19.6 Å². The van der Waals surface area contributed by atoms with Crippen LogP contribution >= 0.6 is 24.0 Å². The van der Waals surface area contributed by atoms with Crippen LogP contribution in [-0.2, 0) is 0 Å². The van der Waals surface area contributed by atoms with Gasteiger partial charge in [-0.1, -0.05) is 13.8 Å². The topological polar surface area (TPSA) is 39.7 Å². The van der Waals surface area contributed by atoms with E-state index in [-0.39, 0.29) is 24.0 Å². The average Bonchev–Trinajstić information content (AvgIpc) is 2.31. The first-order valence-electron chi connectivity index (χ1n) is 6.83. The molecule has 0 rings (SSSR count). The van der Waals surface area contributed by atoms with Gasteiger partial charge < -0.3 is 15.5 Å². The van der Waals surface area contributed by atoms with Gasteiger partial charge in [-0.15, -0.1) is 24.0 Å². The van der Waals surface area contributed by atoms with E-state index in [0.717, 1.165) is 25.6 Å². The van der Waals surface area contributed by atoms with E-state index in [1.165, 1.54) is 19.4 Å². The van der Waals surface area contributed by atoms with Crippen LogP contribution in [0.3, 0.4) is 0 Å². The average molecular weight is 370 g/mol. The van der Waals surface area contributed by atoms with Crippen LogP contribution in [0, 0.1) is 0 Å². The zero-order chi connectivity index (χ0) is 13.1. The molecule has 0 aromatic heterocycles. The summed E-state index contributed by atoms with van der Waals surface area (Å²) in [4.78, 5) is 6.64. The van der Waals surface area contributed by atoms with Crippen molar-refractivity contribution in [1.82, 2.24) is 15.5 Å². The largest absolute Gasteiger partial charge is 0.356 e. The molecule has 0 aliphatic heterocycles. The standard InChI is InChI=1S/C13H30N4.HI/c1-6-17(7-2)11-9-8-10-15-13(14-5)16-12(3)4;/h12H,6-11H2,1-5H3,(H2,14,15,16);1H. The van der Waals surface area contributed by atoms with Gasteiger partial charge in [0.1, 0.15) is 0 Å². The molecule has 0 aliphatic rings. The van der Waals surface area contributed by atoms with Crippen LogP contribution in [0.1, 0.15) is 40.5 Å². The number of rotatable bonds is 8. The molecule has 5 heteroatoms. The summed E-state index contributed by atoms with van der Waals surface area (Å²) in [6.45, 7) is 13.2. The Morgan fingerprint density at radius 1 is 1.17 bits per heavy atom. The molecule has 2 N–H and O–H groups in total. The van der Waals surface area contributed by atoms with Crippen molar-refractivity contribution in [2.75, 3.05) is 33.2 Å². The van der Waals surface area contributed by atoms with Crippen molar-refractivity contribution in [3.8, 4) is 0 Å². The van der Waals surface area contributed by atoms with Gasteiger partial charge in [0.15, 0.2) is 5.96 Å². The number of halogens is 1. The molecule has 0 heterocycles. The molecule has 0 saturated carbocycles. The molecule has 0 bridgehead atoms. The van der Waals surface area contributed by atoms with E-state index in [4.69, 9.17) is 0 Å². The summed E-state index contributed by atoms with van der Waals surface area (Å²) >= 11 is 0. The van der Waals surface area contributed by atoms with Gasteiger partial charge in [-0.25, -0.2) is 0 Å². The minimum Gasteiger partial charge on any atom is -0.356 e. The Morgan fingerprint density at radius 3 is 2.22 bits per heavy atom. The Kier molecular flexibility index (Phi) is 15.1. The second kappa shape index (κ2) is 13.4. The molecule has 0 spiro atoms. The Balaban J connectivity index is 0. The summed E-state index contributed by atoms with van der Waals surface area (Å²) in [5.74, 6) is 0.905. The third kappa shape index (κ3) is 11.1. The number of hydrogen-bond donors (Lipinski definition) is 2. The fraction of sp³-hybridized carbons (Fsp3) is 0.923. The molecule has 0 atom stereocenters. The zero-order valence-electron chi connectivity index (χ0n) is 12.6. The van der Waals surface area contributed by atoms with Gasteiger partial charge in [0.25, 0.3) is 0 Å². The summed E-state index contributed by atoms with van der Waals surface area (Å²) < 4.78 is 0. The Hall–Kier alpha value is -0.0400. The summed E-state index contributed by atoms with van der Waals surface area (Å²) in [7, 11) is 1.81. The van der Waals surface area contributed by atoms with Crippen molar-refractivity contribution in [2.45, 2.75) is 46.6 Å². The highest BCUT2D eigenvalue weighted by Crippen LogP contribution is 1.93. The van der Waals surface area contributed by atoms with E-state index in [1.807, 2.05) is 7.05 Å². The molecular weight excluding hydrogens is 339 g/mol. The first kappa shape index (κ1) is 20.3. The number of nitrogens with one attached hydrogen (secondary N) is 2. The smallest absolute Gasteiger partial charge is 0.191 e. The van der Waals surface area contributed by atoms with Gasteiger partial charge in [-0.05, 0) is 46.3 Å². The molecule has 0 radical (unpaired) electrons. The number of aliphatic imine (C=N–C) groups is 1. The van der Waals surface area contributed by atoms with Crippen molar-refractivity contribution in [2.24, 2.45) is 4.99 Å². The minimum atomic E-state index is 0. The third-order valence-electron chi connectivity index (χ3n) is 2.74. The highest BCUT2D eigenvalue weighted by Gasteiger charge is 2.00. The normalized spacial score (nSPS) is 11.6. The highest BCUT2D eigenvalue weighted by atomic mass is 127. The maximum absolute atomic E-state index is 4.18. The molecule has 0 aromatic rings. The van der Waals surface area contributed by atoms with Crippen molar-refractivity contribution in [3.63, 3.8) is 0 Å². The lowest BCUT2D eigenvalue weighted by atomic mass is 10.3. The summed E-state index contributed by atoms with van der Waals surface area (Å²) in [5, 5.41) is 6.61. The predicted octanol–water partition coefficient (Wildman–Crippen LogP) is 2.30. The molecular formula is C13H31IN4. The lowest BCUT2D eigenvalue weighted by Crippen LogP contribution is -2.41. The van der Waals surface area contributed by atoms with E-state index in [2.05, 4.69) is 48.2 Å². The van der Waals surface area contributed by atoms with Crippen molar-refractivity contribution < 1.29 is 0 Å². The van der Waals surface area contributed by atoms with Gasteiger partial charge in [0.2, 0.25) is 0 Å². The van der Waals surface area contributed by atoms with E-state index in [0.29, 0.717) is 6.04 Å². The highest BCUT2D eigenvalue weighted by molar-refractivity contribution is 14.0. The lowest BCUT2D eigenvalue weighted by Gasteiger charge is -2.18. The van der Waals surface area contributed by atoms with Crippen molar-refractivity contribution >= 4 is 29.9 Å². The second-order valence-corrected chi connectivity index (χ2v) is 4.53. The number of hydrogen-bond acceptors (Lipinski definition) is 2.